The number of aliphatic hydroxyl groups excluding tert-OH is 1. The third-order valence-corrected chi connectivity index (χ3v) is 6.79. The summed E-state index contributed by atoms with van der Waals surface area (Å²) in [5.41, 5.74) is 7.30. The fourth-order valence-electron chi connectivity index (χ4n) is 3.95. The van der Waals surface area contributed by atoms with E-state index in [1.54, 1.807) is 12.1 Å². The largest absolute Gasteiger partial charge is 0.510 e. The molecule has 1 aliphatic rings. The average Bonchev–Trinajstić information content (AvgIpc) is 3.40. The van der Waals surface area contributed by atoms with Crippen LogP contribution < -0.4 is 16.4 Å². The topological polar surface area (TPSA) is 175 Å². The third kappa shape index (κ3) is 5.18. The van der Waals surface area contributed by atoms with Gasteiger partial charge in [0.05, 0.1) is 5.56 Å². The third-order valence-electron chi connectivity index (χ3n) is 5.58. The SMILES string of the molecule is CC(=O)/C(N=Nc1[nH]nc(Nc2ccccc2)c1C(=O)Nc1sc2c(c1C(N)=O)CCCC2)=C(\C)O. The van der Waals surface area contributed by atoms with Crippen LogP contribution in [0.25, 0.3) is 0 Å². The number of allylic oxidation sites excluding steroid dienone is 2. The minimum absolute atomic E-state index is 0.00268. The van der Waals surface area contributed by atoms with E-state index in [-0.39, 0.29) is 28.7 Å². The lowest BCUT2D eigenvalue weighted by atomic mass is 9.95. The normalized spacial score (nSPS) is 13.7. The molecule has 2 amide bonds. The van der Waals surface area contributed by atoms with Gasteiger partial charge in [0, 0.05) is 17.5 Å². The maximum atomic E-state index is 13.5. The van der Waals surface area contributed by atoms with Crippen LogP contribution in [-0.2, 0) is 17.6 Å². The number of thiophene rings is 1. The number of aliphatic hydroxyl groups is 1. The van der Waals surface area contributed by atoms with Crippen LogP contribution in [0.5, 0.6) is 0 Å². The van der Waals surface area contributed by atoms with Gasteiger partial charge in [-0.15, -0.1) is 21.6 Å². The quantitative estimate of drug-likeness (QED) is 0.164. The lowest BCUT2D eigenvalue weighted by Crippen LogP contribution is -2.19. The van der Waals surface area contributed by atoms with Gasteiger partial charge >= 0.3 is 0 Å². The van der Waals surface area contributed by atoms with Gasteiger partial charge in [-0.05, 0) is 50.3 Å². The van der Waals surface area contributed by atoms with Crippen molar-refractivity contribution in [1.29, 1.82) is 0 Å². The number of nitrogens with one attached hydrogen (secondary N) is 3. The van der Waals surface area contributed by atoms with Gasteiger partial charge in [0.25, 0.3) is 11.8 Å². The Morgan fingerprint density at radius 1 is 1.11 bits per heavy atom. The highest BCUT2D eigenvalue weighted by Crippen LogP contribution is 2.39. The predicted octanol–water partition coefficient (Wildman–Crippen LogP) is 4.91. The minimum Gasteiger partial charge on any atom is -0.510 e. The maximum Gasteiger partial charge on any atom is 0.264 e. The molecule has 11 nitrogen and oxygen atoms in total. The number of nitrogens with zero attached hydrogens (tertiary/aromatic N) is 3. The van der Waals surface area contributed by atoms with Gasteiger partial charge in [0.15, 0.2) is 23.1 Å². The molecule has 0 fully saturated rings. The number of aromatic amines is 1. The Hall–Kier alpha value is -4.32. The van der Waals surface area contributed by atoms with E-state index in [1.165, 1.54) is 25.2 Å². The monoisotopic (exact) mass is 507 g/mol. The molecule has 3 aromatic rings. The number of benzene rings is 1. The number of rotatable bonds is 8. The molecule has 12 heteroatoms. The van der Waals surface area contributed by atoms with Gasteiger partial charge in [-0.2, -0.15) is 5.10 Å². The van der Waals surface area contributed by atoms with Gasteiger partial charge in [-0.25, -0.2) is 0 Å². The van der Waals surface area contributed by atoms with Crippen LogP contribution in [0.3, 0.4) is 0 Å². The Labute approximate surface area is 210 Å². The van der Waals surface area contributed by atoms with E-state index in [4.69, 9.17) is 5.73 Å². The van der Waals surface area contributed by atoms with Crippen LogP contribution in [0.1, 0.15) is 57.8 Å². The van der Waals surface area contributed by atoms with Crippen LogP contribution in [0.4, 0.5) is 22.3 Å². The number of H-pyrrole nitrogens is 1. The fraction of sp³-hybridized carbons (Fsp3) is 0.250. The average molecular weight is 508 g/mol. The van der Waals surface area contributed by atoms with E-state index in [0.29, 0.717) is 16.3 Å². The van der Waals surface area contributed by atoms with Gasteiger partial charge in [-0.3, -0.25) is 19.5 Å². The Morgan fingerprint density at radius 3 is 2.50 bits per heavy atom. The summed E-state index contributed by atoms with van der Waals surface area (Å²) in [6.07, 6.45) is 3.51. The number of amides is 2. The van der Waals surface area contributed by atoms with Crippen molar-refractivity contribution in [2.75, 3.05) is 10.6 Å². The number of hydrogen-bond donors (Lipinski definition) is 5. The molecule has 1 aromatic carbocycles. The number of para-hydroxylation sites is 1. The van der Waals surface area contributed by atoms with Gasteiger partial charge in [0.2, 0.25) is 0 Å². The van der Waals surface area contributed by atoms with Crippen LogP contribution in [0, 0.1) is 0 Å². The van der Waals surface area contributed by atoms with E-state index in [0.717, 1.165) is 36.1 Å². The molecule has 0 unspecified atom stereocenters. The molecule has 1 aliphatic carbocycles. The standard InChI is InChI=1S/C24H25N7O4S/c1-12(32)19(13(2)33)28-30-22-18(21(29-31-22)26-14-8-4-3-5-9-14)23(35)27-24-17(20(25)34)15-10-6-7-11-16(15)36-24/h3-5,8-9,32H,6-7,10-11H2,1-2H3,(H2,25,34)(H,27,35)(H2,26,29,31)/b19-12-,30-28?. The number of azo groups is 1. The Kier molecular flexibility index (Phi) is 7.25. The summed E-state index contributed by atoms with van der Waals surface area (Å²) in [5.74, 6) is -1.91. The van der Waals surface area contributed by atoms with Gasteiger partial charge < -0.3 is 21.5 Å². The molecular weight excluding hydrogens is 482 g/mol. The van der Waals surface area contributed by atoms with Gasteiger partial charge in [0.1, 0.15) is 16.3 Å². The zero-order valence-electron chi connectivity index (χ0n) is 19.7. The lowest BCUT2D eigenvalue weighted by Gasteiger charge is -2.11. The van der Waals surface area contributed by atoms with Crippen molar-refractivity contribution in [2.45, 2.75) is 39.5 Å². The van der Waals surface area contributed by atoms with Crippen molar-refractivity contribution >= 4 is 51.3 Å². The second kappa shape index (κ2) is 10.5. The van der Waals surface area contributed by atoms with E-state index in [2.05, 4.69) is 31.1 Å². The summed E-state index contributed by atoms with van der Waals surface area (Å²) in [6.45, 7) is 2.55. The molecule has 0 saturated heterocycles. The number of ketones is 1. The van der Waals surface area contributed by atoms with E-state index in [9.17, 15) is 19.5 Å². The highest BCUT2D eigenvalue weighted by molar-refractivity contribution is 7.17. The second-order valence-electron chi connectivity index (χ2n) is 8.21. The van der Waals surface area contributed by atoms with Crippen molar-refractivity contribution < 1.29 is 19.5 Å². The van der Waals surface area contributed by atoms with Crippen LogP contribution >= 0.6 is 11.3 Å². The predicted molar refractivity (Wildman–Crippen MR) is 136 cm³/mol. The molecule has 6 N–H and O–H groups in total. The smallest absolute Gasteiger partial charge is 0.264 e. The first-order valence-electron chi connectivity index (χ1n) is 11.2. The molecule has 0 bridgehead atoms. The minimum atomic E-state index is -0.605. The molecule has 2 aromatic heterocycles. The summed E-state index contributed by atoms with van der Waals surface area (Å²) >= 11 is 1.33. The maximum absolute atomic E-state index is 13.5. The molecule has 0 atom stereocenters. The molecule has 0 spiro atoms. The second-order valence-corrected chi connectivity index (χ2v) is 9.32. The summed E-state index contributed by atoms with van der Waals surface area (Å²) in [7, 11) is 0. The van der Waals surface area contributed by atoms with Crippen LogP contribution in [-0.4, -0.2) is 32.9 Å². The molecule has 0 saturated carbocycles. The van der Waals surface area contributed by atoms with Crippen molar-refractivity contribution in [3.8, 4) is 0 Å². The number of anilines is 3. The molecule has 0 aliphatic heterocycles. The number of nitrogens with two attached hydrogens (primary N) is 1. The fourth-order valence-corrected chi connectivity index (χ4v) is 5.24. The summed E-state index contributed by atoms with van der Waals surface area (Å²) < 4.78 is 0. The number of carbonyl (C=O) groups excluding carboxylic acids is 3. The molecule has 36 heavy (non-hydrogen) atoms. The summed E-state index contributed by atoms with van der Waals surface area (Å²) in [4.78, 5) is 38.6. The number of fused-ring (bicyclic) bond motifs is 1. The Morgan fingerprint density at radius 2 is 1.83 bits per heavy atom. The van der Waals surface area contributed by atoms with E-state index < -0.39 is 17.6 Å². The molecule has 186 valence electrons. The Balaban J connectivity index is 1.74. The van der Waals surface area contributed by atoms with Crippen LogP contribution in [0.15, 0.2) is 52.0 Å². The summed E-state index contributed by atoms with van der Waals surface area (Å²) in [6, 6.07) is 9.07. The number of carbonyl (C=O) groups is 3. The molecular formula is C24H25N7O4S. The molecule has 0 radical (unpaired) electrons. The highest BCUT2D eigenvalue weighted by atomic mass is 32.1. The number of Topliss-reactive ketones (excluding diaryl/α,β-unsaturated/α-hetero) is 1. The summed E-state index contributed by atoms with van der Waals surface area (Å²) in [5, 5.41) is 30.6. The van der Waals surface area contributed by atoms with Crippen molar-refractivity contribution in [3.05, 3.63) is 63.4 Å². The lowest BCUT2D eigenvalue weighted by molar-refractivity contribution is -0.113. The van der Waals surface area contributed by atoms with Crippen LogP contribution in [0.2, 0.25) is 0 Å². The van der Waals surface area contributed by atoms with E-state index in [1.807, 2.05) is 18.2 Å². The molecule has 4 rings (SSSR count). The highest BCUT2D eigenvalue weighted by Gasteiger charge is 2.28. The van der Waals surface area contributed by atoms with Gasteiger partial charge in [-0.1, -0.05) is 18.2 Å². The zero-order valence-corrected chi connectivity index (χ0v) is 20.5. The first-order chi connectivity index (χ1) is 17.3. The first-order valence-corrected chi connectivity index (χ1v) is 12.1. The number of primary amides is 1. The Bertz CT molecular complexity index is 1380. The zero-order chi connectivity index (χ0) is 25.8. The number of hydrogen-bond acceptors (Lipinski definition) is 9. The van der Waals surface area contributed by atoms with Crippen molar-refractivity contribution in [1.82, 2.24) is 10.2 Å². The van der Waals surface area contributed by atoms with E-state index >= 15 is 0 Å². The number of aromatic nitrogens is 2. The van der Waals surface area contributed by atoms with Crippen molar-refractivity contribution in [3.63, 3.8) is 0 Å². The van der Waals surface area contributed by atoms with Crippen molar-refractivity contribution in [2.24, 2.45) is 16.0 Å². The first kappa shape index (κ1) is 24.8. The molecule has 2 heterocycles. The number of aryl methyl sites for hydroxylation is 1.